The van der Waals surface area contributed by atoms with Crippen LogP contribution in [0, 0.1) is 0 Å². The molecule has 0 aromatic heterocycles. The van der Waals surface area contributed by atoms with Gasteiger partial charge in [-0.1, -0.05) is 36.4 Å². The van der Waals surface area contributed by atoms with Crippen molar-refractivity contribution in [3.8, 4) is 11.5 Å². The van der Waals surface area contributed by atoms with Crippen molar-refractivity contribution in [1.29, 1.82) is 0 Å². The fraction of sp³-hybridized carbons (Fsp3) is 0.321. The Hall–Kier alpha value is -3.56. The summed E-state index contributed by atoms with van der Waals surface area (Å²) in [5, 5.41) is -0.461. The number of nitrogens with zero attached hydrogens (tertiary/aromatic N) is 2. The predicted molar refractivity (Wildman–Crippen MR) is 142 cm³/mol. The number of ether oxygens (including phenoxy) is 3. The summed E-state index contributed by atoms with van der Waals surface area (Å²) in [4.78, 5) is 41.1. The van der Waals surface area contributed by atoms with E-state index in [-0.39, 0.29) is 17.4 Å². The van der Waals surface area contributed by atoms with Gasteiger partial charge in [-0.05, 0) is 54.4 Å². The number of rotatable bonds is 10. The van der Waals surface area contributed by atoms with E-state index in [1.165, 1.54) is 0 Å². The van der Waals surface area contributed by atoms with Gasteiger partial charge in [0.25, 0.3) is 11.1 Å². The largest absolute Gasteiger partial charge is 0.490 e. The molecule has 2 fully saturated rings. The first-order valence-corrected chi connectivity index (χ1v) is 13.0. The summed E-state index contributed by atoms with van der Waals surface area (Å²) in [5.74, 6) is 0.417. The molecule has 2 heterocycles. The van der Waals surface area contributed by atoms with Crippen LogP contribution in [0.25, 0.3) is 6.08 Å². The maximum absolute atomic E-state index is 13.0. The average Bonchev–Trinajstić information content (AvgIpc) is 3.17. The Morgan fingerprint density at radius 2 is 1.89 bits per heavy atom. The predicted octanol–water partition coefficient (Wildman–Crippen LogP) is 4.29. The lowest BCUT2D eigenvalue weighted by Crippen LogP contribution is -2.46. The molecule has 2 aliphatic rings. The van der Waals surface area contributed by atoms with Crippen LogP contribution in [-0.4, -0.2) is 66.3 Å². The molecule has 0 unspecified atom stereocenters. The van der Waals surface area contributed by atoms with Crippen molar-refractivity contribution in [2.75, 3.05) is 39.5 Å². The molecule has 0 aliphatic carbocycles. The van der Waals surface area contributed by atoms with Crippen LogP contribution in [-0.2, 0) is 27.4 Å². The Morgan fingerprint density at radius 3 is 2.59 bits per heavy atom. The van der Waals surface area contributed by atoms with Crippen molar-refractivity contribution in [1.82, 2.24) is 9.80 Å². The van der Waals surface area contributed by atoms with Crippen molar-refractivity contribution in [2.24, 2.45) is 0 Å². The summed E-state index contributed by atoms with van der Waals surface area (Å²) in [6.07, 6.45) is 3.96. The van der Waals surface area contributed by atoms with Gasteiger partial charge in [-0.2, -0.15) is 0 Å². The number of hydrogen-bond donors (Lipinski definition) is 0. The number of thioether (sulfide) groups is 1. The van der Waals surface area contributed by atoms with Crippen molar-refractivity contribution in [3.63, 3.8) is 0 Å². The second kappa shape index (κ2) is 12.6. The normalized spacial score (nSPS) is 16.8. The molecule has 3 amide bonds. The van der Waals surface area contributed by atoms with Gasteiger partial charge in [0, 0.05) is 18.7 Å². The summed E-state index contributed by atoms with van der Waals surface area (Å²) in [5.41, 5.74) is 2.57. The number of carbonyl (C=O) groups is 3. The minimum Gasteiger partial charge on any atom is -0.490 e. The molecule has 0 radical (unpaired) electrons. The van der Waals surface area contributed by atoms with Crippen LogP contribution < -0.4 is 9.47 Å². The number of morpholine rings is 1. The Kier molecular flexibility index (Phi) is 9.03. The van der Waals surface area contributed by atoms with Gasteiger partial charge in [0.05, 0.1) is 24.7 Å². The van der Waals surface area contributed by atoms with E-state index in [2.05, 4.69) is 6.58 Å². The lowest BCUT2D eigenvalue weighted by molar-refractivity contribution is -0.139. The first-order valence-electron chi connectivity index (χ1n) is 12.2. The molecule has 2 aliphatic heterocycles. The van der Waals surface area contributed by atoms with Crippen molar-refractivity contribution in [2.45, 2.75) is 20.0 Å². The van der Waals surface area contributed by atoms with Crippen molar-refractivity contribution < 1.29 is 28.6 Å². The molecule has 2 aromatic rings. The van der Waals surface area contributed by atoms with E-state index < -0.39 is 11.1 Å². The molecule has 194 valence electrons. The van der Waals surface area contributed by atoms with Gasteiger partial charge in [-0.15, -0.1) is 6.58 Å². The number of allylic oxidation sites excluding steroid dienone is 1. The highest BCUT2D eigenvalue weighted by Gasteiger charge is 2.37. The zero-order valence-corrected chi connectivity index (χ0v) is 21.6. The lowest BCUT2D eigenvalue weighted by Gasteiger charge is -2.28. The minimum atomic E-state index is -0.482. The van der Waals surface area contributed by atoms with Crippen LogP contribution in [0.4, 0.5) is 4.79 Å². The molecule has 2 aromatic carbocycles. The summed E-state index contributed by atoms with van der Waals surface area (Å²) < 4.78 is 17.3. The van der Waals surface area contributed by atoms with E-state index in [1.54, 1.807) is 23.1 Å². The molecule has 9 heteroatoms. The smallest absolute Gasteiger partial charge is 0.294 e. The van der Waals surface area contributed by atoms with Crippen LogP contribution in [0.15, 0.2) is 60.0 Å². The Labute approximate surface area is 220 Å². The summed E-state index contributed by atoms with van der Waals surface area (Å²) >= 11 is 0.826. The SMILES string of the molecule is C=CCc1cc(/C=C2/SC(=O)N(CC(=O)N3CCOCC3)C2=O)cc(OCC)c1OCc1ccccc1. The maximum Gasteiger partial charge on any atom is 0.294 e. The Balaban J connectivity index is 1.56. The number of imide groups is 1. The summed E-state index contributed by atoms with van der Waals surface area (Å²) in [6, 6.07) is 13.5. The van der Waals surface area contributed by atoms with Crippen molar-refractivity contribution in [3.05, 3.63) is 76.7 Å². The van der Waals surface area contributed by atoms with Gasteiger partial charge in [-0.3, -0.25) is 19.3 Å². The van der Waals surface area contributed by atoms with Gasteiger partial charge in [0.2, 0.25) is 5.91 Å². The molecule has 0 atom stereocenters. The highest BCUT2D eigenvalue weighted by atomic mass is 32.2. The van der Waals surface area contributed by atoms with E-state index in [4.69, 9.17) is 14.2 Å². The molecule has 8 nitrogen and oxygen atoms in total. The van der Waals surface area contributed by atoms with Gasteiger partial charge >= 0.3 is 0 Å². The fourth-order valence-electron chi connectivity index (χ4n) is 4.07. The molecule has 0 spiro atoms. The van der Waals surface area contributed by atoms with Crippen LogP contribution in [0.1, 0.15) is 23.6 Å². The topological polar surface area (TPSA) is 85.4 Å². The monoisotopic (exact) mass is 522 g/mol. The van der Waals surface area contributed by atoms with Crippen LogP contribution >= 0.6 is 11.8 Å². The summed E-state index contributed by atoms with van der Waals surface area (Å²) in [7, 11) is 0. The quantitative estimate of drug-likeness (QED) is 0.340. The first kappa shape index (κ1) is 26.5. The Morgan fingerprint density at radius 1 is 1.14 bits per heavy atom. The molecular formula is C28H30N2O6S. The van der Waals surface area contributed by atoms with Gasteiger partial charge in [0.15, 0.2) is 11.5 Å². The number of amides is 3. The number of hydrogen-bond acceptors (Lipinski definition) is 7. The second-order valence-electron chi connectivity index (χ2n) is 8.47. The number of carbonyl (C=O) groups excluding carboxylic acids is 3. The van der Waals surface area contributed by atoms with E-state index in [0.717, 1.165) is 27.8 Å². The first-order chi connectivity index (χ1) is 18.0. The fourth-order valence-corrected chi connectivity index (χ4v) is 4.90. The van der Waals surface area contributed by atoms with Crippen LogP contribution in [0.5, 0.6) is 11.5 Å². The van der Waals surface area contributed by atoms with E-state index in [9.17, 15) is 14.4 Å². The van der Waals surface area contributed by atoms with Crippen LogP contribution in [0.3, 0.4) is 0 Å². The maximum atomic E-state index is 13.0. The third-order valence-electron chi connectivity index (χ3n) is 5.87. The second-order valence-corrected chi connectivity index (χ2v) is 9.46. The minimum absolute atomic E-state index is 0.254. The lowest BCUT2D eigenvalue weighted by atomic mass is 10.0. The standard InChI is InChI=1S/C28H30N2O6S/c1-3-8-22-15-21(16-23(35-4-2)26(22)36-19-20-9-6-5-7-10-20)17-24-27(32)30(28(33)37-24)18-25(31)29-11-13-34-14-12-29/h3,5-7,9-10,15-17H,1,4,8,11-14,18-19H2,2H3/b24-17+. The molecule has 0 N–H and O–H groups in total. The zero-order chi connectivity index (χ0) is 26.2. The average molecular weight is 523 g/mol. The van der Waals surface area contributed by atoms with Gasteiger partial charge in [0.1, 0.15) is 13.2 Å². The zero-order valence-electron chi connectivity index (χ0n) is 20.8. The van der Waals surface area contributed by atoms with Crippen molar-refractivity contribution >= 4 is 34.9 Å². The van der Waals surface area contributed by atoms with E-state index in [1.807, 2.05) is 43.3 Å². The Bertz CT molecular complexity index is 1190. The molecule has 4 rings (SSSR count). The third-order valence-corrected chi connectivity index (χ3v) is 6.78. The van der Waals surface area contributed by atoms with E-state index in [0.29, 0.717) is 63.0 Å². The van der Waals surface area contributed by atoms with Gasteiger partial charge < -0.3 is 19.1 Å². The van der Waals surface area contributed by atoms with E-state index >= 15 is 0 Å². The summed E-state index contributed by atoms with van der Waals surface area (Å²) in [6.45, 7) is 8.08. The van der Waals surface area contributed by atoms with Gasteiger partial charge in [-0.25, -0.2) is 0 Å². The molecule has 37 heavy (non-hydrogen) atoms. The molecular weight excluding hydrogens is 492 g/mol. The molecule has 2 saturated heterocycles. The molecule has 0 bridgehead atoms. The highest BCUT2D eigenvalue weighted by Crippen LogP contribution is 2.37. The highest BCUT2D eigenvalue weighted by molar-refractivity contribution is 8.18. The van der Waals surface area contributed by atoms with Crippen LogP contribution in [0.2, 0.25) is 0 Å². The number of benzene rings is 2. The third kappa shape index (κ3) is 6.61. The molecule has 0 saturated carbocycles.